The second kappa shape index (κ2) is 8.16. The molecular formula is C19H25N3O3. The van der Waals surface area contributed by atoms with Gasteiger partial charge in [0, 0.05) is 17.8 Å². The van der Waals surface area contributed by atoms with Crippen molar-refractivity contribution in [2.45, 2.75) is 32.7 Å². The molecule has 1 aliphatic heterocycles. The molecule has 3 rings (SSSR count). The molecule has 1 aromatic carbocycles. The fraction of sp³-hybridized carbons (Fsp3) is 0.474. The lowest BCUT2D eigenvalue weighted by molar-refractivity contribution is -0.137. The number of rotatable bonds is 7. The highest BCUT2D eigenvalue weighted by molar-refractivity contribution is 5.78. The highest BCUT2D eigenvalue weighted by atomic mass is 16.5. The number of H-pyrrole nitrogens is 1. The van der Waals surface area contributed by atoms with Crippen molar-refractivity contribution in [3.63, 3.8) is 0 Å². The highest BCUT2D eigenvalue weighted by Gasteiger charge is 2.32. The number of aromatic nitrogens is 2. The molecule has 6 nitrogen and oxygen atoms in total. The van der Waals surface area contributed by atoms with Gasteiger partial charge < -0.3 is 14.4 Å². The Morgan fingerprint density at radius 1 is 1.28 bits per heavy atom. The van der Waals surface area contributed by atoms with E-state index >= 15 is 0 Å². The predicted octanol–water partition coefficient (Wildman–Crippen LogP) is 2.79. The zero-order valence-corrected chi connectivity index (χ0v) is 14.8. The Morgan fingerprint density at radius 3 is 2.80 bits per heavy atom. The summed E-state index contributed by atoms with van der Waals surface area (Å²) in [4.78, 5) is 14.5. The van der Waals surface area contributed by atoms with Crippen molar-refractivity contribution in [2.24, 2.45) is 0 Å². The molecule has 0 spiro atoms. The summed E-state index contributed by atoms with van der Waals surface area (Å²) in [7, 11) is 0. The molecule has 6 heteroatoms. The maximum absolute atomic E-state index is 12.5. The van der Waals surface area contributed by atoms with Crippen molar-refractivity contribution in [1.29, 1.82) is 0 Å². The van der Waals surface area contributed by atoms with E-state index in [0.29, 0.717) is 13.2 Å². The van der Waals surface area contributed by atoms with Gasteiger partial charge in [0.05, 0.1) is 18.3 Å². The standard InChI is InChI=1S/C19H25N3O3/c1-14-19(15(2)21-20-14)17-9-6-10-22(17)18(23)13-24-11-12-25-16-7-4-3-5-8-16/h3-5,7-8,17H,6,9-13H2,1-2H3,(H,20,21)/t17-/m1/s1. The van der Waals surface area contributed by atoms with Gasteiger partial charge in [0.1, 0.15) is 19.0 Å². The fourth-order valence-electron chi connectivity index (χ4n) is 3.39. The van der Waals surface area contributed by atoms with Crippen LogP contribution >= 0.6 is 0 Å². The summed E-state index contributed by atoms with van der Waals surface area (Å²) in [6.07, 6.45) is 1.99. The van der Waals surface area contributed by atoms with E-state index in [4.69, 9.17) is 9.47 Å². The van der Waals surface area contributed by atoms with Gasteiger partial charge in [-0.1, -0.05) is 18.2 Å². The molecular weight excluding hydrogens is 318 g/mol. The molecule has 0 saturated carbocycles. The Labute approximate surface area is 148 Å². The van der Waals surface area contributed by atoms with E-state index in [9.17, 15) is 4.79 Å². The normalized spacial score (nSPS) is 17.0. The Kier molecular flexibility index (Phi) is 5.71. The van der Waals surface area contributed by atoms with Gasteiger partial charge in [-0.15, -0.1) is 0 Å². The number of nitrogens with one attached hydrogen (secondary N) is 1. The molecule has 134 valence electrons. The molecule has 2 heterocycles. The first-order chi connectivity index (χ1) is 12.2. The molecule has 0 radical (unpaired) electrons. The largest absolute Gasteiger partial charge is 0.491 e. The van der Waals surface area contributed by atoms with Crippen molar-refractivity contribution in [1.82, 2.24) is 15.1 Å². The predicted molar refractivity (Wildman–Crippen MR) is 94.5 cm³/mol. The third-order valence-electron chi connectivity index (χ3n) is 4.56. The van der Waals surface area contributed by atoms with Crippen LogP contribution in [-0.4, -0.2) is 47.4 Å². The molecule has 1 aromatic heterocycles. The minimum atomic E-state index is 0.0298. The molecule has 1 amide bonds. The van der Waals surface area contributed by atoms with Crippen molar-refractivity contribution in [3.05, 3.63) is 47.3 Å². The Morgan fingerprint density at radius 2 is 2.08 bits per heavy atom. The van der Waals surface area contributed by atoms with Crippen molar-refractivity contribution in [3.8, 4) is 5.75 Å². The van der Waals surface area contributed by atoms with E-state index in [1.807, 2.05) is 49.1 Å². The Hall–Kier alpha value is -2.34. The average Bonchev–Trinajstić information content (AvgIpc) is 3.21. The van der Waals surface area contributed by atoms with Crippen LogP contribution in [0.1, 0.15) is 35.8 Å². The third-order valence-corrected chi connectivity index (χ3v) is 4.56. The molecule has 2 aromatic rings. The van der Waals surface area contributed by atoms with Gasteiger partial charge in [0.25, 0.3) is 0 Å². The summed E-state index contributed by atoms with van der Waals surface area (Å²) in [5.41, 5.74) is 3.16. The summed E-state index contributed by atoms with van der Waals surface area (Å²) >= 11 is 0. The number of carbonyl (C=O) groups is 1. The van der Waals surface area contributed by atoms with Gasteiger partial charge in [0.15, 0.2) is 0 Å². The Bertz CT molecular complexity index is 680. The fourth-order valence-corrected chi connectivity index (χ4v) is 3.39. The van der Waals surface area contributed by atoms with E-state index in [1.165, 1.54) is 0 Å². The molecule has 0 bridgehead atoms. The first-order valence-electron chi connectivity index (χ1n) is 8.73. The lowest BCUT2D eigenvalue weighted by atomic mass is 10.0. The zero-order valence-electron chi connectivity index (χ0n) is 14.8. The monoisotopic (exact) mass is 343 g/mol. The van der Waals surface area contributed by atoms with Crippen LogP contribution in [0.2, 0.25) is 0 Å². The topological polar surface area (TPSA) is 67.5 Å². The van der Waals surface area contributed by atoms with Crippen LogP contribution in [0.4, 0.5) is 0 Å². The van der Waals surface area contributed by atoms with Crippen LogP contribution in [0.15, 0.2) is 30.3 Å². The number of carbonyl (C=O) groups excluding carboxylic acids is 1. The zero-order chi connectivity index (χ0) is 17.6. The number of benzene rings is 1. The van der Waals surface area contributed by atoms with Crippen LogP contribution in [0.3, 0.4) is 0 Å². The minimum Gasteiger partial charge on any atom is -0.491 e. The van der Waals surface area contributed by atoms with Crippen LogP contribution in [0.25, 0.3) is 0 Å². The SMILES string of the molecule is Cc1n[nH]c(C)c1[C@H]1CCCN1C(=O)COCCOc1ccccc1. The minimum absolute atomic E-state index is 0.0298. The average molecular weight is 343 g/mol. The summed E-state index contributed by atoms with van der Waals surface area (Å²) in [6.45, 7) is 5.68. The van der Waals surface area contributed by atoms with E-state index < -0.39 is 0 Å². The molecule has 1 saturated heterocycles. The lowest BCUT2D eigenvalue weighted by Gasteiger charge is -2.25. The second-order valence-corrected chi connectivity index (χ2v) is 6.31. The van der Waals surface area contributed by atoms with Crippen molar-refractivity contribution >= 4 is 5.91 Å². The smallest absolute Gasteiger partial charge is 0.249 e. The Balaban J connectivity index is 1.46. The number of hydrogen-bond donors (Lipinski definition) is 1. The number of nitrogens with zero attached hydrogens (tertiary/aromatic N) is 2. The third kappa shape index (κ3) is 4.20. The van der Waals surface area contributed by atoms with Crippen LogP contribution in [-0.2, 0) is 9.53 Å². The number of para-hydroxylation sites is 1. The first kappa shape index (κ1) is 17.5. The summed E-state index contributed by atoms with van der Waals surface area (Å²) in [6, 6.07) is 9.69. The number of aryl methyl sites for hydroxylation is 2. The number of amides is 1. The molecule has 0 aliphatic carbocycles. The maximum Gasteiger partial charge on any atom is 0.249 e. The van der Waals surface area contributed by atoms with E-state index in [-0.39, 0.29) is 18.6 Å². The molecule has 0 unspecified atom stereocenters. The van der Waals surface area contributed by atoms with Gasteiger partial charge >= 0.3 is 0 Å². The van der Waals surface area contributed by atoms with Gasteiger partial charge in [-0.05, 0) is 38.8 Å². The summed E-state index contributed by atoms with van der Waals surface area (Å²) in [5, 5.41) is 7.27. The van der Waals surface area contributed by atoms with Crippen molar-refractivity contribution < 1.29 is 14.3 Å². The van der Waals surface area contributed by atoms with Crippen LogP contribution < -0.4 is 4.74 Å². The van der Waals surface area contributed by atoms with Gasteiger partial charge in [-0.25, -0.2) is 0 Å². The molecule has 1 atom stereocenters. The van der Waals surface area contributed by atoms with Crippen molar-refractivity contribution in [2.75, 3.05) is 26.4 Å². The van der Waals surface area contributed by atoms with E-state index in [2.05, 4.69) is 10.2 Å². The molecule has 1 N–H and O–H groups in total. The van der Waals surface area contributed by atoms with E-state index in [1.54, 1.807) is 0 Å². The van der Waals surface area contributed by atoms with Gasteiger partial charge in [0.2, 0.25) is 5.91 Å². The molecule has 1 fully saturated rings. The first-order valence-corrected chi connectivity index (χ1v) is 8.73. The highest BCUT2D eigenvalue weighted by Crippen LogP contribution is 2.34. The summed E-state index contributed by atoms with van der Waals surface area (Å²) < 4.78 is 11.1. The number of ether oxygens (including phenoxy) is 2. The number of hydrogen-bond acceptors (Lipinski definition) is 4. The van der Waals surface area contributed by atoms with E-state index in [0.717, 1.165) is 42.1 Å². The lowest BCUT2D eigenvalue weighted by Crippen LogP contribution is -2.34. The molecule has 1 aliphatic rings. The van der Waals surface area contributed by atoms with Crippen LogP contribution in [0, 0.1) is 13.8 Å². The van der Waals surface area contributed by atoms with Gasteiger partial charge in [-0.2, -0.15) is 5.10 Å². The number of likely N-dealkylation sites (tertiary alicyclic amines) is 1. The second-order valence-electron chi connectivity index (χ2n) is 6.31. The van der Waals surface area contributed by atoms with Crippen LogP contribution in [0.5, 0.6) is 5.75 Å². The summed E-state index contributed by atoms with van der Waals surface area (Å²) in [5.74, 6) is 0.838. The van der Waals surface area contributed by atoms with Gasteiger partial charge in [-0.3, -0.25) is 9.89 Å². The molecule has 25 heavy (non-hydrogen) atoms. The number of aromatic amines is 1. The quantitative estimate of drug-likeness (QED) is 0.785. The maximum atomic E-state index is 12.5.